The van der Waals surface area contributed by atoms with Crippen LogP contribution < -0.4 is 5.73 Å². The number of aliphatic hydroxyl groups is 1. The Hall–Kier alpha value is 0.830. The molecule has 70 valence electrons. The van der Waals surface area contributed by atoms with Crippen LogP contribution in [-0.2, 0) is 10.1 Å². The van der Waals surface area contributed by atoms with Gasteiger partial charge in [-0.2, -0.15) is 8.42 Å². The van der Waals surface area contributed by atoms with E-state index >= 15 is 0 Å². The molecule has 0 aromatic heterocycles. The summed E-state index contributed by atoms with van der Waals surface area (Å²) >= 11 is 0. The maximum atomic E-state index is 10.2. The van der Waals surface area contributed by atoms with Gasteiger partial charge in [-0.25, -0.2) is 0 Å². The van der Waals surface area contributed by atoms with Crippen LogP contribution in [0.5, 0.6) is 0 Å². The predicted molar refractivity (Wildman–Crippen MR) is 47.9 cm³/mol. The summed E-state index contributed by atoms with van der Waals surface area (Å²) in [6.45, 7) is -0.0147. The molecule has 0 aromatic rings. The number of hydrogen-bond acceptors (Lipinski definition) is 4. The second-order valence-electron chi connectivity index (χ2n) is 2.37. The molecule has 0 radical (unpaired) electrons. The zero-order chi connectivity index (χ0) is 8.91. The first-order chi connectivity index (χ1) is 4.95. The van der Waals surface area contributed by atoms with Gasteiger partial charge in [-0.05, 0) is 12.8 Å². The fourth-order valence-electron chi connectivity index (χ4n) is 0.707. The Morgan fingerprint density at radius 1 is 1.42 bits per heavy atom. The van der Waals surface area contributed by atoms with Gasteiger partial charge in [0.05, 0.1) is 5.75 Å². The van der Waals surface area contributed by atoms with Crippen molar-refractivity contribution in [2.45, 2.75) is 18.9 Å². The zero-order valence-electron chi connectivity index (χ0n) is 6.10. The number of rotatable bonds is 5. The van der Waals surface area contributed by atoms with Crippen LogP contribution in [0.2, 0.25) is 0 Å². The fourth-order valence-corrected chi connectivity index (χ4v) is 1.42. The minimum absolute atomic E-state index is 0. The average molecular weight is 207 g/mol. The van der Waals surface area contributed by atoms with E-state index in [1.807, 2.05) is 0 Å². The molecule has 5 nitrogen and oxygen atoms in total. The van der Waals surface area contributed by atoms with E-state index in [1.54, 1.807) is 0 Å². The summed E-state index contributed by atoms with van der Waals surface area (Å²) in [6.07, 6.45) is 0.854. The van der Waals surface area contributed by atoms with Crippen molar-refractivity contribution in [1.29, 1.82) is 0 Å². The molecule has 0 saturated carbocycles. The van der Waals surface area contributed by atoms with Crippen molar-refractivity contribution < 1.29 is 18.1 Å². The van der Waals surface area contributed by atoms with E-state index in [-0.39, 0.29) is 36.2 Å². The van der Waals surface area contributed by atoms with Gasteiger partial charge in [0.1, 0.15) is 0 Å². The van der Waals surface area contributed by atoms with Crippen molar-refractivity contribution in [1.82, 2.24) is 0 Å². The second kappa shape index (κ2) is 7.25. The molecule has 0 bridgehead atoms. The SMILES string of the molecule is NC(CCCO)CS(=O)(=O)O.[NaH]. The van der Waals surface area contributed by atoms with Crippen LogP contribution in [0.3, 0.4) is 0 Å². The van der Waals surface area contributed by atoms with Crippen molar-refractivity contribution in [2.24, 2.45) is 5.73 Å². The van der Waals surface area contributed by atoms with Gasteiger partial charge in [0.15, 0.2) is 0 Å². The number of hydrogen-bond donors (Lipinski definition) is 3. The van der Waals surface area contributed by atoms with E-state index in [4.69, 9.17) is 15.4 Å². The van der Waals surface area contributed by atoms with Crippen molar-refractivity contribution in [3.8, 4) is 0 Å². The van der Waals surface area contributed by atoms with Crippen LogP contribution in [0.15, 0.2) is 0 Å². The topological polar surface area (TPSA) is 101 Å². The molecular weight excluding hydrogens is 193 g/mol. The fraction of sp³-hybridized carbons (Fsp3) is 1.00. The molecule has 1 unspecified atom stereocenters. The van der Waals surface area contributed by atoms with E-state index in [0.29, 0.717) is 12.8 Å². The molecule has 0 aliphatic rings. The Bertz CT molecular complexity index is 194. The first-order valence-corrected chi connectivity index (χ1v) is 4.88. The molecule has 0 spiro atoms. The van der Waals surface area contributed by atoms with Gasteiger partial charge in [-0.1, -0.05) is 0 Å². The molecule has 0 heterocycles. The van der Waals surface area contributed by atoms with Crippen LogP contribution in [0.4, 0.5) is 0 Å². The average Bonchev–Trinajstić information content (AvgIpc) is 1.79. The Morgan fingerprint density at radius 2 is 1.92 bits per heavy atom. The minimum atomic E-state index is -3.96. The van der Waals surface area contributed by atoms with Crippen LogP contribution in [-0.4, -0.2) is 66.0 Å². The molecule has 4 N–H and O–H groups in total. The predicted octanol–water partition coefficient (Wildman–Crippen LogP) is -1.67. The Morgan fingerprint density at radius 3 is 2.25 bits per heavy atom. The number of nitrogens with two attached hydrogens (primary N) is 1. The molecule has 12 heavy (non-hydrogen) atoms. The third kappa shape index (κ3) is 10.8. The molecule has 0 saturated heterocycles. The summed E-state index contributed by atoms with van der Waals surface area (Å²) in [5.41, 5.74) is 5.30. The van der Waals surface area contributed by atoms with Gasteiger partial charge in [0, 0.05) is 12.6 Å². The first kappa shape index (κ1) is 15.3. The van der Waals surface area contributed by atoms with Crippen LogP contribution in [0.1, 0.15) is 12.8 Å². The van der Waals surface area contributed by atoms with Crippen LogP contribution in [0.25, 0.3) is 0 Å². The molecular formula is C5H14NNaO4S. The van der Waals surface area contributed by atoms with E-state index in [9.17, 15) is 8.42 Å². The zero-order valence-corrected chi connectivity index (χ0v) is 6.92. The Kier molecular flexibility index (Phi) is 9.25. The summed E-state index contributed by atoms with van der Waals surface area (Å²) in [7, 11) is -3.96. The van der Waals surface area contributed by atoms with E-state index in [0.717, 1.165) is 0 Å². The van der Waals surface area contributed by atoms with Crippen molar-refractivity contribution >= 4 is 39.7 Å². The first-order valence-electron chi connectivity index (χ1n) is 3.27. The molecule has 0 aromatic carbocycles. The van der Waals surface area contributed by atoms with Crippen molar-refractivity contribution in [2.75, 3.05) is 12.4 Å². The third-order valence-electron chi connectivity index (χ3n) is 1.16. The molecule has 0 fully saturated rings. The molecule has 0 rings (SSSR count). The van der Waals surface area contributed by atoms with Gasteiger partial charge in [0.25, 0.3) is 10.1 Å². The summed E-state index contributed by atoms with van der Waals surface area (Å²) in [5, 5.41) is 8.35. The van der Waals surface area contributed by atoms with E-state index < -0.39 is 21.9 Å². The third-order valence-corrected chi connectivity index (χ3v) is 2.01. The summed E-state index contributed by atoms with van der Waals surface area (Å²) in [6, 6.07) is -0.586. The summed E-state index contributed by atoms with van der Waals surface area (Å²) < 4.78 is 28.8. The molecule has 7 heteroatoms. The Labute approximate surface area is 94.4 Å². The van der Waals surface area contributed by atoms with Crippen molar-refractivity contribution in [3.63, 3.8) is 0 Å². The van der Waals surface area contributed by atoms with Crippen LogP contribution >= 0.6 is 0 Å². The molecule has 1 atom stereocenters. The standard InChI is InChI=1S/C5H13NO4S.Na.H/c6-5(2-1-3-7)4-11(8,9)10;;/h5,7H,1-4,6H2,(H,8,9,10);;. The summed E-state index contributed by atoms with van der Waals surface area (Å²) in [4.78, 5) is 0. The molecule has 0 aliphatic carbocycles. The van der Waals surface area contributed by atoms with Gasteiger partial charge >= 0.3 is 29.6 Å². The normalized spacial score (nSPS) is 13.6. The number of aliphatic hydroxyl groups excluding tert-OH is 1. The molecule has 0 amide bonds. The Balaban J connectivity index is 0. The monoisotopic (exact) mass is 207 g/mol. The van der Waals surface area contributed by atoms with Crippen molar-refractivity contribution in [3.05, 3.63) is 0 Å². The van der Waals surface area contributed by atoms with Gasteiger partial charge in [-0.15, -0.1) is 0 Å². The summed E-state index contributed by atoms with van der Waals surface area (Å²) in [5.74, 6) is -0.438. The second-order valence-corrected chi connectivity index (χ2v) is 3.87. The van der Waals surface area contributed by atoms with E-state index in [2.05, 4.69) is 0 Å². The van der Waals surface area contributed by atoms with E-state index in [1.165, 1.54) is 0 Å². The van der Waals surface area contributed by atoms with Gasteiger partial charge in [-0.3, -0.25) is 4.55 Å². The van der Waals surface area contributed by atoms with Gasteiger partial charge in [0.2, 0.25) is 0 Å². The quantitative estimate of drug-likeness (QED) is 0.369. The van der Waals surface area contributed by atoms with Gasteiger partial charge < -0.3 is 10.8 Å². The van der Waals surface area contributed by atoms with Crippen LogP contribution in [0, 0.1) is 0 Å². The maximum absolute atomic E-state index is 10.2. The molecule has 0 aliphatic heterocycles.